The molecule has 1 aliphatic rings. The first-order valence-electron chi connectivity index (χ1n) is 4.88. The molecule has 4 nitrogen and oxygen atoms in total. The van der Waals surface area contributed by atoms with E-state index in [1.54, 1.807) is 0 Å². The van der Waals surface area contributed by atoms with E-state index in [2.05, 4.69) is 16.0 Å². The van der Waals surface area contributed by atoms with Crippen molar-refractivity contribution in [1.29, 1.82) is 0 Å². The summed E-state index contributed by atoms with van der Waals surface area (Å²) < 4.78 is 5.28. The fraction of sp³-hybridized carbons (Fsp3) is 0.500. The molecule has 1 aromatic rings. The van der Waals surface area contributed by atoms with Crippen molar-refractivity contribution >= 4 is 5.69 Å². The standard InChI is InChI=1S/C10H15N3O/c11-7-9-1-2-10(8-12-9)13-3-5-14-6-4-13/h1-2,8H,3-7,11H2. The molecule has 0 radical (unpaired) electrons. The first kappa shape index (κ1) is 9.43. The minimum absolute atomic E-state index is 0.503. The fourth-order valence-corrected chi connectivity index (χ4v) is 1.55. The molecular formula is C10H15N3O. The first-order chi connectivity index (χ1) is 6.90. The van der Waals surface area contributed by atoms with Gasteiger partial charge in [-0.3, -0.25) is 4.98 Å². The Hall–Kier alpha value is -1.13. The Morgan fingerprint density at radius 2 is 2.14 bits per heavy atom. The molecular weight excluding hydrogens is 178 g/mol. The van der Waals surface area contributed by atoms with Crippen molar-refractivity contribution in [3.8, 4) is 0 Å². The van der Waals surface area contributed by atoms with Crippen LogP contribution in [-0.4, -0.2) is 31.3 Å². The molecule has 1 saturated heterocycles. The summed E-state index contributed by atoms with van der Waals surface area (Å²) in [5, 5.41) is 0. The number of hydrogen-bond donors (Lipinski definition) is 1. The second-order valence-corrected chi connectivity index (χ2v) is 3.31. The van der Waals surface area contributed by atoms with Crippen molar-refractivity contribution in [2.45, 2.75) is 6.54 Å². The molecule has 2 rings (SSSR count). The van der Waals surface area contributed by atoms with Gasteiger partial charge in [-0.1, -0.05) is 0 Å². The third kappa shape index (κ3) is 2.02. The summed E-state index contributed by atoms with van der Waals surface area (Å²) in [6.45, 7) is 4.01. The third-order valence-electron chi connectivity index (χ3n) is 2.39. The van der Waals surface area contributed by atoms with E-state index in [1.165, 1.54) is 0 Å². The summed E-state index contributed by atoms with van der Waals surface area (Å²) in [5.74, 6) is 0. The van der Waals surface area contributed by atoms with E-state index in [0.717, 1.165) is 37.7 Å². The molecule has 0 bridgehead atoms. The van der Waals surface area contributed by atoms with Crippen LogP contribution in [0, 0.1) is 0 Å². The smallest absolute Gasteiger partial charge is 0.0642 e. The largest absolute Gasteiger partial charge is 0.378 e. The maximum atomic E-state index is 5.48. The van der Waals surface area contributed by atoms with Crippen molar-refractivity contribution in [3.63, 3.8) is 0 Å². The molecule has 1 aromatic heterocycles. The molecule has 4 heteroatoms. The average Bonchev–Trinajstić information content (AvgIpc) is 2.30. The van der Waals surface area contributed by atoms with Crippen LogP contribution in [0.5, 0.6) is 0 Å². The summed E-state index contributed by atoms with van der Waals surface area (Å²) in [4.78, 5) is 6.54. The summed E-state index contributed by atoms with van der Waals surface area (Å²) in [6, 6.07) is 4.05. The van der Waals surface area contributed by atoms with Crippen LogP contribution in [0.3, 0.4) is 0 Å². The van der Waals surface area contributed by atoms with Crippen molar-refractivity contribution in [2.75, 3.05) is 31.2 Å². The highest BCUT2D eigenvalue weighted by Gasteiger charge is 2.10. The number of ether oxygens (including phenoxy) is 1. The number of morpholine rings is 1. The molecule has 0 aromatic carbocycles. The molecule has 1 fully saturated rings. The normalized spacial score (nSPS) is 17.1. The number of nitrogens with two attached hydrogens (primary N) is 1. The van der Waals surface area contributed by atoms with Gasteiger partial charge in [0.25, 0.3) is 0 Å². The van der Waals surface area contributed by atoms with Gasteiger partial charge in [-0.05, 0) is 12.1 Å². The van der Waals surface area contributed by atoms with E-state index < -0.39 is 0 Å². The van der Waals surface area contributed by atoms with Crippen LogP contribution in [0.2, 0.25) is 0 Å². The van der Waals surface area contributed by atoms with Crippen molar-refractivity contribution < 1.29 is 4.74 Å². The molecule has 14 heavy (non-hydrogen) atoms. The van der Waals surface area contributed by atoms with Gasteiger partial charge in [0, 0.05) is 19.6 Å². The van der Waals surface area contributed by atoms with Crippen molar-refractivity contribution in [1.82, 2.24) is 4.98 Å². The van der Waals surface area contributed by atoms with Gasteiger partial charge in [0.15, 0.2) is 0 Å². The topological polar surface area (TPSA) is 51.4 Å². The highest BCUT2D eigenvalue weighted by molar-refractivity contribution is 5.44. The molecule has 0 saturated carbocycles. The van der Waals surface area contributed by atoms with Gasteiger partial charge in [-0.15, -0.1) is 0 Å². The maximum Gasteiger partial charge on any atom is 0.0642 e. The number of rotatable bonds is 2. The number of anilines is 1. The van der Waals surface area contributed by atoms with Crippen LogP contribution in [0.1, 0.15) is 5.69 Å². The quantitative estimate of drug-likeness (QED) is 0.737. The number of nitrogens with zero attached hydrogens (tertiary/aromatic N) is 2. The zero-order valence-electron chi connectivity index (χ0n) is 8.15. The third-order valence-corrected chi connectivity index (χ3v) is 2.39. The molecule has 76 valence electrons. The van der Waals surface area contributed by atoms with Crippen LogP contribution in [0.25, 0.3) is 0 Å². The number of pyridine rings is 1. The van der Waals surface area contributed by atoms with E-state index in [4.69, 9.17) is 10.5 Å². The molecule has 2 heterocycles. The van der Waals surface area contributed by atoms with Crippen LogP contribution in [-0.2, 0) is 11.3 Å². The van der Waals surface area contributed by atoms with Gasteiger partial charge in [-0.2, -0.15) is 0 Å². The van der Waals surface area contributed by atoms with E-state index in [1.807, 2.05) is 12.3 Å². The summed E-state index contributed by atoms with van der Waals surface area (Å²) in [7, 11) is 0. The Bertz CT molecular complexity index is 280. The lowest BCUT2D eigenvalue weighted by atomic mass is 10.3. The monoisotopic (exact) mass is 193 g/mol. The Kier molecular flexibility index (Phi) is 2.96. The van der Waals surface area contributed by atoms with Crippen molar-refractivity contribution in [3.05, 3.63) is 24.0 Å². The predicted octanol–water partition coefficient (Wildman–Crippen LogP) is 0.377. The van der Waals surface area contributed by atoms with E-state index in [9.17, 15) is 0 Å². The Morgan fingerprint density at radius 1 is 1.36 bits per heavy atom. The van der Waals surface area contributed by atoms with E-state index in [-0.39, 0.29) is 0 Å². The molecule has 0 spiro atoms. The summed E-state index contributed by atoms with van der Waals surface area (Å²) in [5.41, 5.74) is 7.57. The minimum Gasteiger partial charge on any atom is -0.378 e. The minimum atomic E-state index is 0.503. The second kappa shape index (κ2) is 4.39. The fourth-order valence-electron chi connectivity index (χ4n) is 1.55. The zero-order valence-corrected chi connectivity index (χ0v) is 8.15. The van der Waals surface area contributed by atoms with Crippen LogP contribution < -0.4 is 10.6 Å². The number of hydrogen-bond acceptors (Lipinski definition) is 4. The van der Waals surface area contributed by atoms with Gasteiger partial charge in [0.05, 0.1) is 30.8 Å². The van der Waals surface area contributed by atoms with Gasteiger partial charge < -0.3 is 15.4 Å². The molecule has 2 N–H and O–H groups in total. The lowest BCUT2D eigenvalue weighted by Gasteiger charge is -2.28. The Labute approximate surface area is 83.7 Å². The summed E-state index contributed by atoms with van der Waals surface area (Å²) >= 11 is 0. The number of aromatic nitrogens is 1. The molecule has 0 unspecified atom stereocenters. The van der Waals surface area contributed by atoms with Gasteiger partial charge in [0.2, 0.25) is 0 Å². The molecule has 1 aliphatic heterocycles. The SMILES string of the molecule is NCc1ccc(N2CCOCC2)cn1. The zero-order chi connectivity index (χ0) is 9.80. The highest BCUT2D eigenvalue weighted by Crippen LogP contribution is 2.14. The second-order valence-electron chi connectivity index (χ2n) is 3.31. The lowest BCUT2D eigenvalue weighted by molar-refractivity contribution is 0.122. The Balaban J connectivity index is 2.07. The average molecular weight is 193 g/mol. The molecule has 0 aliphatic carbocycles. The molecule has 0 atom stereocenters. The van der Waals surface area contributed by atoms with Gasteiger partial charge in [-0.25, -0.2) is 0 Å². The van der Waals surface area contributed by atoms with E-state index in [0.29, 0.717) is 6.54 Å². The first-order valence-corrected chi connectivity index (χ1v) is 4.88. The predicted molar refractivity (Wildman–Crippen MR) is 55.2 cm³/mol. The maximum absolute atomic E-state index is 5.48. The van der Waals surface area contributed by atoms with Crippen LogP contribution in [0.4, 0.5) is 5.69 Å². The highest BCUT2D eigenvalue weighted by atomic mass is 16.5. The van der Waals surface area contributed by atoms with E-state index >= 15 is 0 Å². The molecule has 0 amide bonds. The van der Waals surface area contributed by atoms with Crippen LogP contribution in [0.15, 0.2) is 18.3 Å². The van der Waals surface area contributed by atoms with Crippen molar-refractivity contribution in [2.24, 2.45) is 5.73 Å². The Morgan fingerprint density at radius 3 is 2.71 bits per heavy atom. The van der Waals surface area contributed by atoms with Crippen LogP contribution >= 0.6 is 0 Å². The van der Waals surface area contributed by atoms with Gasteiger partial charge in [0.1, 0.15) is 0 Å². The van der Waals surface area contributed by atoms with Gasteiger partial charge >= 0.3 is 0 Å². The summed E-state index contributed by atoms with van der Waals surface area (Å²) in [6.07, 6.45) is 1.88. The lowest BCUT2D eigenvalue weighted by Crippen LogP contribution is -2.36.